The smallest absolute Gasteiger partial charge is 0.261 e. The molecular weight excluding hydrogens is 384 g/mol. The van der Waals surface area contributed by atoms with Gasteiger partial charge in [-0.15, -0.1) is 0 Å². The van der Waals surface area contributed by atoms with Gasteiger partial charge in [-0.05, 0) is 66.9 Å². The number of nitrogens with one attached hydrogen (secondary N) is 1. The molecular formula is C23H18N2O3S. The lowest BCUT2D eigenvalue weighted by molar-refractivity contribution is 0.482. The number of allylic oxidation sites excluding steroid dienone is 2. The first kappa shape index (κ1) is 18.8. The highest BCUT2D eigenvalue weighted by atomic mass is 32.2. The largest absolute Gasteiger partial charge is 0.457 e. The van der Waals surface area contributed by atoms with Gasteiger partial charge in [-0.25, -0.2) is 8.42 Å². The minimum Gasteiger partial charge on any atom is -0.457 e. The fourth-order valence-electron chi connectivity index (χ4n) is 3.37. The average Bonchev–Trinajstić information content (AvgIpc) is 3.17. The summed E-state index contributed by atoms with van der Waals surface area (Å²) in [6, 6.07) is 21.3. The molecule has 0 spiro atoms. The number of ether oxygens (including phenoxy) is 1. The maximum absolute atomic E-state index is 12.9. The van der Waals surface area contributed by atoms with Gasteiger partial charge in [0.05, 0.1) is 22.2 Å². The van der Waals surface area contributed by atoms with E-state index in [4.69, 9.17) is 4.74 Å². The summed E-state index contributed by atoms with van der Waals surface area (Å²) < 4.78 is 34.1. The van der Waals surface area contributed by atoms with E-state index < -0.39 is 10.0 Å². The number of hydrogen-bond donors (Lipinski definition) is 1. The molecule has 29 heavy (non-hydrogen) atoms. The fraction of sp³-hybridized carbons (Fsp3) is 0.0870. The molecule has 5 nitrogen and oxygen atoms in total. The van der Waals surface area contributed by atoms with Crippen molar-refractivity contribution in [2.24, 2.45) is 0 Å². The quantitative estimate of drug-likeness (QED) is 0.648. The van der Waals surface area contributed by atoms with E-state index in [0.717, 1.165) is 16.7 Å². The maximum atomic E-state index is 12.9. The van der Waals surface area contributed by atoms with Crippen molar-refractivity contribution in [3.05, 3.63) is 89.5 Å². The average molecular weight is 402 g/mol. The lowest BCUT2D eigenvalue weighted by Crippen LogP contribution is -2.14. The van der Waals surface area contributed by atoms with Crippen molar-refractivity contribution in [1.29, 1.82) is 5.26 Å². The van der Waals surface area contributed by atoms with Crippen LogP contribution in [0.2, 0.25) is 0 Å². The van der Waals surface area contributed by atoms with Crippen LogP contribution in [0, 0.1) is 18.3 Å². The van der Waals surface area contributed by atoms with Gasteiger partial charge in [0.25, 0.3) is 10.0 Å². The summed E-state index contributed by atoms with van der Waals surface area (Å²) in [5.41, 5.74) is 3.68. The van der Waals surface area contributed by atoms with E-state index in [0.29, 0.717) is 29.2 Å². The van der Waals surface area contributed by atoms with Crippen molar-refractivity contribution in [2.45, 2.75) is 18.2 Å². The van der Waals surface area contributed by atoms with Crippen LogP contribution in [-0.4, -0.2) is 8.42 Å². The summed E-state index contributed by atoms with van der Waals surface area (Å²) in [6.45, 7) is 1.92. The molecule has 0 fully saturated rings. The summed E-state index contributed by atoms with van der Waals surface area (Å²) in [5.74, 6) is 1.23. The Balaban J connectivity index is 1.58. The minimum absolute atomic E-state index is 0.138. The van der Waals surface area contributed by atoms with E-state index in [2.05, 4.69) is 10.8 Å². The molecule has 0 saturated carbocycles. The molecule has 1 aliphatic rings. The molecule has 0 saturated heterocycles. The lowest BCUT2D eigenvalue weighted by Gasteiger charge is -2.14. The van der Waals surface area contributed by atoms with Crippen LogP contribution in [0.25, 0.3) is 5.57 Å². The topological polar surface area (TPSA) is 79.2 Å². The summed E-state index contributed by atoms with van der Waals surface area (Å²) >= 11 is 0. The second kappa shape index (κ2) is 7.46. The van der Waals surface area contributed by atoms with E-state index >= 15 is 0 Å². The third-order valence-electron chi connectivity index (χ3n) is 4.78. The number of fused-ring (bicyclic) bond motifs is 1. The molecule has 3 aromatic rings. The molecule has 4 rings (SSSR count). The first-order chi connectivity index (χ1) is 14.0. The van der Waals surface area contributed by atoms with E-state index in [1.165, 1.54) is 12.1 Å². The molecule has 0 heterocycles. The van der Waals surface area contributed by atoms with Crippen LogP contribution in [0.1, 0.15) is 16.7 Å². The molecule has 0 radical (unpaired) electrons. The lowest BCUT2D eigenvalue weighted by atomic mass is 9.99. The van der Waals surface area contributed by atoms with Gasteiger partial charge in [-0.2, -0.15) is 5.26 Å². The van der Waals surface area contributed by atoms with E-state index in [1.807, 2.05) is 49.4 Å². The Morgan fingerprint density at radius 3 is 2.34 bits per heavy atom. The molecule has 0 atom stereocenters. The third kappa shape index (κ3) is 3.73. The van der Waals surface area contributed by atoms with E-state index in [-0.39, 0.29) is 4.90 Å². The number of aryl methyl sites for hydroxylation is 1. The molecule has 0 aliphatic heterocycles. The van der Waals surface area contributed by atoms with Crippen LogP contribution >= 0.6 is 0 Å². The van der Waals surface area contributed by atoms with Gasteiger partial charge in [-0.3, -0.25) is 4.72 Å². The third-order valence-corrected chi connectivity index (χ3v) is 6.16. The first-order valence-electron chi connectivity index (χ1n) is 9.07. The predicted octanol–water partition coefficient (Wildman–Crippen LogP) is 5.05. The SMILES string of the molecule is Cc1ccc(NS(=O)(=O)c2ccc(Oc3ccccc3)cc2)c2c1C(C#N)=CC2. The van der Waals surface area contributed by atoms with Crippen molar-refractivity contribution in [1.82, 2.24) is 0 Å². The Morgan fingerprint density at radius 2 is 1.66 bits per heavy atom. The Hall–Kier alpha value is -3.56. The fourth-order valence-corrected chi connectivity index (χ4v) is 4.46. The number of nitrogens with zero attached hydrogens (tertiary/aromatic N) is 1. The van der Waals surface area contributed by atoms with Crippen LogP contribution < -0.4 is 9.46 Å². The highest BCUT2D eigenvalue weighted by Gasteiger charge is 2.23. The zero-order valence-electron chi connectivity index (χ0n) is 15.7. The Labute approximate surface area is 169 Å². The molecule has 3 aromatic carbocycles. The van der Waals surface area contributed by atoms with Crippen molar-refractivity contribution in [3.63, 3.8) is 0 Å². The van der Waals surface area contributed by atoms with Gasteiger partial charge in [0.2, 0.25) is 0 Å². The molecule has 0 amide bonds. The van der Waals surface area contributed by atoms with E-state index in [9.17, 15) is 13.7 Å². The number of anilines is 1. The molecule has 144 valence electrons. The molecule has 0 aromatic heterocycles. The second-order valence-corrected chi connectivity index (χ2v) is 8.39. The van der Waals surface area contributed by atoms with Gasteiger partial charge in [0, 0.05) is 5.56 Å². The van der Waals surface area contributed by atoms with E-state index in [1.54, 1.807) is 18.2 Å². The predicted molar refractivity (Wildman–Crippen MR) is 112 cm³/mol. The zero-order valence-corrected chi connectivity index (χ0v) is 16.5. The number of sulfonamides is 1. The van der Waals surface area contributed by atoms with Gasteiger partial charge in [0.15, 0.2) is 0 Å². The van der Waals surface area contributed by atoms with Gasteiger partial charge >= 0.3 is 0 Å². The molecule has 6 heteroatoms. The van der Waals surface area contributed by atoms with Gasteiger partial charge in [-0.1, -0.05) is 30.3 Å². The summed E-state index contributed by atoms with van der Waals surface area (Å²) in [4.78, 5) is 0.138. The minimum atomic E-state index is -3.77. The van der Waals surface area contributed by atoms with Gasteiger partial charge in [0.1, 0.15) is 11.5 Å². The van der Waals surface area contributed by atoms with Crippen molar-refractivity contribution in [2.75, 3.05) is 4.72 Å². The summed E-state index contributed by atoms with van der Waals surface area (Å²) in [7, 11) is -3.77. The standard InChI is InChI=1S/C23H18N2O3S/c1-16-7-14-22(21-13-8-17(15-24)23(16)21)25-29(26,27)20-11-9-19(10-12-20)28-18-5-3-2-4-6-18/h2-12,14,25H,13H2,1H3. The maximum Gasteiger partial charge on any atom is 0.261 e. The van der Waals surface area contributed by atoms with Crippen molar-refractivity contribution < 1.29 is 13.2 Å². The number of nitriles is 1. The Morgan fingerprint density at radius 1 is 0.966 bits per heavy atom. The Kier molecular flexibility index (Phi) is 4.83. The van der Waals surface area contributed by atoms with Crippen molar-refractivity contribution >= 4 is 21.3 Å². The normalized spacial score (nSPS) is 12.6. The second-order valence-electron chi connectivity index (χ2n) is 6.71. The monoisotopic (exact) mass is 402 g/mol. The zero-order chi connectivity index (χ0) is 20.4. The number of para-hydroxylation sites is 1. The van der Waals surface area contributed by atoms with Crippen LogP contribution in [0.4, 0.5) is 5.69 Å². The number of hydrogen-bond acceptors (Lipinski definition) is 4. The molecule has 0 unspecified atom stereocenters. The Bertz CT molecular complexity index is 1240. The summed E-state index contributed by atoms with van der Waals surface area (Å²) in [5, 5.41) is 9.30. The molecule has 1 aliphatic carbocycles. The van der Waals surface area contributed by atoms with Gasteiger partial charge < -0.3 is 4.74 Å². The number of benzene rings is 3. The highest BCUT2D eigenvalue weighted by molar-refractivity contribution is 7.92. The van der Waals surface area contributed by atoms with Crippen LogP contribution in [0.3, 0.4) is 0 Å². The number of rotatable bonds is 5. The first-order valence-corrected chi connectivity index (χ1v) is 10.5. The molecule has 0 bridgehead atoms. The van der Waals surface area contributed by atoms with Crippen LogP contribution in [-0.2, 0) is 16.4 Å². The summed E-state index contributed by atoms with van der Waals surface area (Å²) in [6.07, 6.45) is 2.35. The van der Waals surface area contributed by atoms with Crippen LogP contribution in [0.15, 0.2) is 77.7 Å². The van der Waals surface area contributed by atoms with Crippen molar-refractivity contribution in [3.8, 4) is 17.6 Å². The van der Waals surface area contributed by atoms with Crippen LogP contribution in [0.5, 0.6) is 11.5 Å². The molecule has 1 N–H and O–H groups in total. The highest BCUT2D eigenvalue weighted by Crippen LogP contribution is 2.36.